The van der Waals surface area contributed by atoms with Crippen LogP contribution in [-0.4, -0.2) is 37.9 Å². The van der Waals surface area contributed by atoms with Crippen molar-refractivity contribution >= 4 is 27.9 Å². The van der Waals surface area contributed by atoms with Gasteiger partial charge in [0, 0.05) is 0 Å². The molecule has 0 bridgehead atoms. The van der Waals surface area contributed by atoms with E-state index >= 15 is 0 Å². The van der Waals surface area contributed by atoms with Crippen molar-refractivity contribution in [3.63, 3.8) is 0 Å². The van der Waals surface area contributed by atoms with E-state index in [-0.39, 0.29) is 33.4 Å². The average molecular weight is 496 g/mol. The molecule has 2 amide bonds. The number of imide groups is 1. The molecular weight excluding hydrogens is 474 g/mol. The monoisotopic (exact) mass is 495 g/mol. The summed E-state index contributed by atoms with van der Waals surface area (Å²) >= 11 is 0. The van der Waals surface area contributed by atoms with Crippen LogP contribution >= 0.6 is 0 Å². The van der Waals surface area contributed by atoms with Crippen LogP contribution in [0, 0.1) is 0 Å². The Kier molecular flexibility index (Phi) is 6.94. The first-order chi connectivity index (χ1) is 16.8. The van der Waals surface area contributed by atoms with Gasteiger partial charge in [0.05, 0.1) is 16.0 Å². The summed E-state index contributed by atoms with van der Waals surface area (Å²) in [6.07, 6.45) is 0.189. The van der Waals surface area contributed by atoms with Gasteiger partial charge in [0.2, 0.25) is 0 Å². The molecule has 0 N–H and O–H groups in total. The Balaban J connectivity index is 1.36. The topological polar surface area (TPSA) is 116 Å². The number of rotatable bonds is 9. The summed E-state index contributed by atoms with van der Waals surface area (Å²) in [5.41, 5.74) is 0.984. The minimum Gasteiger partial charge on any atom is -0.482 e. The van der Waals surface area contributed by atoms with Crippen molar-refractivity contribution in [3.05, 3.63) is 95.6 Å². The molecule has 1 atom stereocenters. The predicted octanol–water partition coefficient (Wildman–Crippen LogP) is 3.68. The molecule has 0 aliphatic carbocycles. The molecular formula is C25H21NO8S. The van der Waals surface area contributed by atoms with E-state index in [0.717, 1.165) is 5.56 Å². The third kappa shape index (κ3) is 5.23. The molecule has 1 unspecified atom stereocenters. The van der Waals surface area contributed by atoms with Crippen LogP contribution < -0.4 is 4.74 Å². The molecule has 0 aromatic heterocycles. The largest absolute Gasteiger partial charge is 0.482 e. The molecule has 1 heterocycles. The van der Waals surface area contributed by atoms with Crippen molar-refractivity contribution in [1.29, 1.82) is 0 Å². The van der Waals surface area contributed by atoms with Gasteiger partial charge in [-0.2, -0.15) is 8.42 Å². The third-order valence-corrected chi connectivity index (χ3v) is 6.41. The van der Waals surface area contributed by atoms with E-state index in [9.17, 15) is 22.8 Å². The zero-order chi connectivity index (χ0) is 25.0. The van der Waals surface area contributed by atoms with Crippen LogP contribution in [0.5, 0.6) is 5.75 Å². The van der Waals surface area contributed by atoms with E-state index in [1.54, 1.807) is 12.1 Å². The fourth-order valence-corrected chi connectivity index (χ4v) is 4.36. The summed E-state index contributed by atoms with van der Waals surface area (Å²) in [5, 5.41) is 0.220. The molecule has 3 aromatic carbocycles. The van der Waals surface area contributed by atoms with E-state index in [2.05, 4.69) is 0 Å². The summed E-state index contributed by atoms with van der Waals surface area (Å²) in [4.78, 5) is 36.6. The van der Waals surface area contributed by atoms with Gasteiger partial charge >= 0.3 is 16.1 Å². The number of nitrogens with zero attached hydrogens (tertiary/aromatic N) is 1. The van der Waals surface area contributed by atoms with Crippen LogP contribution in [0.15, 0.2) is 83.8 Å². The van der Waals surface area contributed by atoms with E-state index in [1.165, 1.54) is 36.4 Å². The highest BCUT2D eigenvalue weighted by Crippen LogP contribution is 2.26. The molecule has 9 nitrogen and oxygen atoms in total. The Morgan fingerprint density at radius 2 is 1.43 bits per heavy atom. The zero-order valence-electron chi connectivity index (χ0n) is 18.6. The van der Waals surface area contributed by atoms with Gasteiger partial charge in [0.25, 0.3) is 11.8 Å². The van der Waals surface area contributed by atoms with Crippen molar-refractivity contribution in [2.45, 2.75) is 24.3 Å². The fraction of sp³-hybridized carbons (Fsp3) is 0.160. The highest BCUT2D eigenvalue weighted by molar-refractivity contribution is 7.86. The predicted molar refractivity (Wildman–Crippen MR) is 123 cm³/mol. The minimum atomic E-state index is -4.49. The van der Waals surface area contributed by atoms with Crippen molar-refractivity contribution in [2.24, 2.45) is 0 Å². The normalized spacial score (nSPS) is 13.9. The lowest BCUT2D eigenvalue weighted by Gasteiger charge is -2.17. The van der Waals surface area contributed by atoms with E-state index < -0.39 is 34.0 Å². The average Bonchev–Trinajstić information content (AvgIpc) is 3.11. The van der Waals surface area contributed by atoms with Crippen molar-refractivity contribution in [1.82, 2.24) is 5.06 Å². The number of ether oxygens (including phenoxy) is 2. The summed E-state index contributed by atoms with van der Waals surface area (Å²) in [7, 11) is -4.49. The van der Waals surface area contributed by atoms with Gasteiger partial charge in [-0.1, -0.05) is 49.4 Å². The second kappa shape index (κ2) is 10.1. The standard InChI is InChI=1S/C25H21NO8S/c1-2-22(17-8-4-3-5-9-17)33-23(27)16-32-18-12-14-19(15-13-18)35(30,31)34-26-24(28)20-10-6-7-11-21(20)25(26)29/h3-15,22H,2,16H2,1H3. The van der Waals surface area contributed by atoms with Crippen molar-refractivity contribution < 1.29 is 36.6 Å². The van der Waals surface area contributed by atoms with Crippen LogP contribution in [0.1, 0.15) is 45.7 Å². The van der Waals surface area contributed by atoms with Crippen LogP contribution in [0.3, 0.4) is 0 Å². The van der Waals surface area contributed by atoms with Crippen molar-refractivity contribution in [2.75, 3.05) is 6.61 Å². The van der Waals surface area contributed by atoms with E-state index in [0.29, 0.717) is 6.42 Å². The van der Waals surface area contributed by atoms with Gasteiger partial charge in [-0.3, -0.25) is 9.59 Å². The molecule has 1 aliphatic rings. The zero-order valence-corrected chi connectivity index (χ0v) is 19.4. The maximum atomic E-state index is 12.6. The van der Waals surface area contributed by atoms with Gasteiger partial charge < -0.3 is 9.47 Å². The number of hydrogen-bond donors (Lipinski definition) is 0. The number of fused-ring (bicyclic) bond motifs is 1. The highest BCUT2D eigenvalue weighted by Gasteiger charge is 2.40. The SMILES string of the molecule is CCC(OC(=O)COc1ccc(S(=O)(=O)ON2C(=O)c3ccccc3C2=O)cc1)c1ccccc1. The molecule has 0 saturated carbocycles. The Hall–Kier alpha value is -4.02. The number of amides is 2. The Morgan fingerprint density at radius 1 is 0.857 bits per heavy atom. The lowest BCUT2D eigenvalue weighted by atomic mass is 10.1. The summed E-state index contributed by atoms with van der Waals surface area (Å²) in [6.45, 7) is 1.52. The van der Waals surface area contributed by atoms with Crippen LogP contribution in [-0.2, 0) is 23.9 Å². The van der Waals surface area contributed by atoms with Crippen molar-refractivity contribution in [3.8, 4) is 5.75 Å². The fourth-order valence-electron chi connectivity index (χ4n) is 3.47. The van der Waals surface area contributed by atoms with Gasteiger partial charge in [-0.15, -0.1) is 9.35 Å². The second-order valence-electron chi connectivity index (χ2n) is 7.54. The van der Waals surface area contributed by atoms with E-state index in [1.807, 2.05) is 37.3 Å². The maximum Gasteiger partial charge on any atom is 0.344 e. The van der Waals surface area contributed by atoms with Crippen LogP contribution in [0.4, 0.5) is 0 Å². The third-order valence-electron chi connectivity index (χ3n) is 5.21. The first kappa shape index (κ1) is 24.1. The first-order valence-electron chi connectivity index (χ1n) is 10.7. The lowest BCUT2D eigenvalue weighted by molar-refractivity contribution is -0.152. The Morgan fingerprint density at radius 3 is 2.00 bits per heavy atom. The summed E-state index contributed by atoms with van der Waals surface area (Å²) in [6, 6.07) is 20.2. The molecule has 10 heteroatoms. The molecule has 1 aliphatic heterocycles. The molecule has 3 aromatic rings. The smallest absolute Gasteiger partial charge is 0.344 e. The molecule has 180 valence electrons. The number of benzene rings is 3. The number of carbonyl (C=O) groups is 3. The molecule has 0 fully saturated rings. The molecule has 0 spiro atoms. The Labute approximate surface area is 201 Å². The van der Waals surface area contributed by atoms with Crippen LogP contribution in [0.25, 0.3) is 0 Å². The van der Waals surface area contributed by atoms with Crippen LogP contribution in [0.2, 0.25) is 0 Å². The summed E-state index contributed by atoms with van der Waals surface area (Å²) in [5.74, 6) is -2.09. The summed E-state index contributed by atoms with van der Waals surface area (Å²) < 4.78 is 40.9. The molecule has 4 rings (SSSR count). The quantitative estimate of drug-likeness (QED) is 0.326. The first-order valence-corrected chi connectivity index (χ1v) is 12.1. The number of hydroxylamine groups is 2. The maximum absolute atomic E-state index is 12.6. The number of esters is 1. The van der Waals surface area contributed by atoms with Gasteiger partial charge in [0.1, 0.15) is 11.9 Å². The van der Waals surface area contributed by atoms with Gasteiger partial charge in [-0.25, -0.2) is 4.79 Å². The number of hydrogen-bond acceptors (Lipinski definition) is 8. The molecule has 0 radical (unpaired) electrons. The highest BCUT2D eigenvalue weighted by atomic mass is 32.2. The molecule has 0 saturated heterocycles. The number of carbonyl (C=O) groups excluding carboxylic acids is 3. The Bertz CT molecular complexity index is 1320. The second-order valence-corrected chi connectivity index (χ2v) is 9.07. The molecule has 35 heavy (non-hydrogen) atoms. The van der Waals surface area contributed by atoms with Gasteiger partial charge in [0.15, 0.2) is 6.61 Å². The van der Waals surface area contributed by atoms with Gasteiger partial charge in [-0.05, 0) is 48.4 Å². The lowest BCUT2D eigenvalue weighted by Crippen LogP contribution is -2.32. The minimum absolute atomic E-state index is 0.0564. The van der Waals surface area contributed by atoms with E-state index in [4.69, 9.17) is 13.8 Å².